The molecule has 0 spiro atoms. The average Bonchev–Trinajstić information content (AvgIpc) is 2.76. The lowest BCUT2D eigenvalue weighted by Crippen LogP contribution is -2.33. The summed E-state index contributed by atoms with van der Waals surface area (Å²) >= 11 is 5.98. The van der Waals surface area contributed by atoms with Crippen molar-refractivity contribution in [2.45, 2.75) is 6.04 Å². The second-order valence-electron chi connectivity index (χ2n) is 6.96. The molecule has 0 bridgehead atoms. The molecule has 0 saturated carbocycles. The van der Waals surface area contributed by atoms with Gasteiger partial charge in [0.25, 0.3) is 5.91 Å². The van der Waals surface area contributed by atoms with Gasteiger partial charge in [0.1, 0.15) is 0 Å². The van der Waals surface area contributed by atoms with Crippen LogP contribution in [-0.4, -0.2) is 33.2 Å². The van der Waals surface area contributed by atoms with E-state index in [0.717, 1.165) is 17.4 Å². The van der Waals surface area contributed by atoms with Crippen molar-refractivity contribution in [1.82, 2.24) is 5.32 Å². The number of hydrogen-bond acceptors (Lipinski definition) is 5. The number of carbonyl (C=O) groups excluding carboxylic acids is 2. The topological polar surface area (TPSA) is 102 Å². The highest BCUT2D eigenvalue weighted by Gasteiger charge is 2.20. The molecule has 0 saturated heterocycles. The van der Waals surface area contributed by atoms with E-state index in [9.17, 15) is 18.0 Å². The van der Waals surface area contributed by atoms with Crippen LogP contribution in [0.5, 0.6) is 0 Å². The summed E-state index contributed by atoms with van der Waals surface area (Å²) in [6, 6.07) is 21.9. The van der Waals surface area contributed by atoms with Crippen molar-refractivity contribution in [2.75, 3.05) is 17.6 Å². The number of sulfonamides is 1. The summed E-state index contributed by atoms with van der Waals surface area (Å²) in [6.45, 7) is -0.539. The maximum atomic E-state index is 12.6. The molecular weight excluding hydrogens is 452 g/mol. The normalized spacial score (nSPS) is 11.9. The number of ether oxygens (including phenoxy) is 1. The highest BCUT2D eigenvalue weighted by Crippen LogP contribution is 2.23. The lowest BCUT2D eigenvalue weighted by Gasteiger charge is -2.20. The van der Waals surface area contributed by atoms with Crippen LogP contribution < -0.4 is 10.0 Å². The van der Waals surface area contributed by atoms with Gasteiger partial charge in [0.15, 0.2) is 6.61 Å². The fourth-order valence-electron chi connectivity index (χ4n) is 3.02. The Morgan fingerprint density at radius 3 is 2.16 bits per heavy atom. The fraction of sp³-hybridized carbons (Fsp3) is 0.130. The van der Waals surface area contributed by atoms with Gasteiger partial charge in [-0.3, -0.25) is 9.52 Å². The minimum absolute atomic E-state index is 0.00281. The molecule has 3 aromatic rings. The van der Waals surface area contributed by atoms with Crippen molar-refractivity contribution in [3.63, 3.8) is 0 Å². The first kappa shape index (κ1) is 23.3. The van der Waals surface area contributed by atoms with Gasteiger partial charge < -0.3 is 10.1 Å². The van der Waals surface area contributed by atoms with Gasteiger partial charge in [0, 0.05) is 5.02 Å². The van der Waals surface area contributed by atoms with Crippen molar-refractivity contribution in [3.8, 4) is 0 Å². The number of esters is 1. The molecule has 1 atom stereocenters. The zero-order valence-corrected chi connectivity index (χ0v) is 18.7. The van der Waals surface area contributed by atoms with E-state index in [2.05, 4.69) is 10.0 Å². The number of rotatable bonds is 8. The summed E-state index contributed by atoms with van der Waals surface area (Å²) in [5.41, 5.74) is 1.73. The maximum Gasteiger partial charge on any atom is 0.340 e. The summed E-state index contributed by atoms with van der Waals surface area (Å²) in [6.07, 6.45) is 0.975. The van der Waals surface area contributed by atoms with Crippen molar-refractivity contribution in [2.24, 2.45) is 0 Å². The third kappa shape index (κ3) is 6.57. The number of para-hydroxylation sites is 1. The largest absolute Gasteiger partial charge is 0.452 e. The van der Waals surface area contributed by atoms with E-state index in [-0.39, 0.29) is 11.3 Å². The first-order valence-corrected chi connectivity index (χ1v) is 11.8. The third-order valence-corrected chi connectivity index (χ3v) is 5.26. The van der Waals surface area contributed by atoms with E-state index in [4.69, 9.17) is 16.3 Å². The maximum absolute atomic E-state index is 12.6. The molecule has 32 heavy (non-hydrogen) atoms. The van der Waals surface area contributed by atoms with Crippen LogP contribution >= 0.6 is 11.6 Å². The summed E-state index contributed by atoms with van der Waals surface area (Å²) in [7, 11) is -3.59. The number of carbonyl (C=O) groups is 2. The zero-order chi connectivity index (χ0) is 23.1. The van der Waals surface area contributed by atoms with Crippen LogP contribution in [0.15, 0.2) is 78.9 Å². The molecule has 2 N–H and O–H groups in total. The van der Waals surface area contributed by atoms with Gasteiger partial charge in [-0.1, -0.05) is 66.2 Å². The predicted molar refractivity (Wildman–Crippen MR) is 123 cm³/mol. The highest BCUT2D eigenvalue weighted by atomic mass is 35.5. The Hall–Kier alpha value is -3.36. The minimum Gasteiger partial charge on any atom is -0.452 e. The van der Waals surface area contributed by atoms with E-state index < -0.39 is 34.5 Å². The van der Waals surface area contributed by atoms with Gasteiger partial charge in [-0.05, 0) is 35.4 Å². The third-order valence-electron chi connectivity index (χ3n) is 4.42. The van der Waals surface area contributed by atoms with E-state index in [1.165, 1.54) is 12.1 Å². The van der Waals surface area contributed by atoms with Crippen LogP contribution in [0, 0.1) is 0 Å². The molecule has 3 aromatic carbocycles. The van der Waals surface area contributed by atoms with E-state index in [0.29, 0.717) is 5.02 Å². The van der Waals surface area contributed by atoms with Gasteiger partial charge in [-0.25, -0.2) is 13.2 Å². The Morgan fingerprint density at radius 2 is 1.50 bits per heavy atom. The van der Waals surface area contributed by atoms with E-state index >= 15 is 0 Å². The van der Waals surface area contributed by atoms with Crippen LogP contribution in [0.1, 0.15) is 27.5 Å². The molecule has 0 heterocycles. The summed E-state index contributed by atoms with van der Waals surface area (Å²) < 4.78 is 30.4. The van der Waals surface area contributed by atoms with Crippen LogP contribution in [0.3, 0.4) is 0 Å². The van der Waals surface area contributed by atoms with Crippen LogP contribution in [0.2, 0.25) is 5.02 Å². The van der Waals surface area contributed by atoms with Crippen LogP contribution in [0.4, 0.5) is 5.69 Å². The standard InChI is InChI=1S/C23H21ClN2O5S/c1-32(29,30)26-20-10-6-5-9-19(20)23(28)31-15-21(27)25-22(16-7-3-2-4-8-16)17-11-13-18(24)14-12-17/h2-14,22,26H,15H2,1H3,(H,25,27). The molecule has 0 aliphatic heterocycles. The average molecular weight is 473 g/mol. The molecule has 0 aromatic heterocycles. The Kier molecular flexibility index (Phi) is 7.50. The van der Waals surface area contributed by atoms with Crippen molar-refractivity contribution in [3.05, 3.63) is 101 Å². The Labute approximate surface area is 191 Å². The molecule has 7 nitrogen and oxygen atoms in total. The number of halogens is 1. The van der Waals surface area contributed by atoms with Crippen molar-refractivity contribution < 1.29 is 22.7 Å². The van der Waals surface area contributed by atoms with E-state index in [1.54, 1.807) is 36.4 Å². The van der Waals surface area contributed by atoms with Crippen LogP contribution in [-0.2, 0) is 19.6 Å². The zero-order valence-electron chi connectivity index (χ0n) is 17.1. The molecule has 3 rings (SSSR count). The van der Waals surface area contributed by atoms with Gasteiger partial charge >= 0.3 is 5.97 Å². The molecule has 0 radical (unpaired) electrons. The smallest absolute Gasteiger partial charge is 0.340 e. The first-order valence-electron chi connectivity index (χ1n) is 9.56. The lowest BCUT2D eigenvalue weighted by atomic mass is 9.99. The summed E-state index contributed by atoms with van der Waals surface area (Å²) in [4.78, 5) is 25.1. The number of nitrogens with one attached hydrogen (secondary N) is 2. The molecule has 9 heteroatoms. The Bertz CT molecular complexity index is 1200. The number of benzene rings is 3. The first-order chi connectivity index (χ1) is 15.2. The highest BCUT2D eigenvalue weighted by molar-refractivity contribution is 7.92. The minimum atomic E-state index is -3.59. The molecule has 1 unspecified atom stereocenters. The molecule has 1 amide bonds. The van der Waals surface area contributed by atoms with Crippen LogP contribution in [0.25, 0.3) is 0 Å². The molecule has 0 aliphatic carbocycles. The van der Waals surface area contributed by atoms with Gasteiger partial charge in [-0.15, -0.1) is 0 Å². The van der Waals surface area contributed by atoms with E-state index in [1.807, 2.05) is 30.3 Å². The molecule has 0 aliphatic rings. The number of hydrogen-bond donors (Lipinski definition) is 2. The number of anilines is 1. The second kappa shape index (κ2) is 10.3. The van der Waals surface area contributed by atoms with Gasteiger partial charge in [-0.2, -0.15) is 0 Å². The number of amides is 1. The van der Waals surface area contributed by atoms with Gasteiger partial charge in [0.2, 0.25) is 10.0 Å². The Balaban J connectivity index is 1.71. The summed E-state index contributed by atoms with van der Waals surface area (Å²) in [5, 5.41) is 3.43. The molecule has 166 valence electrons. The fourth-order valence-corrected chi connectivity index (χ4v) is 3.72. The Morgan fingerprint density at radius 1 is 0.906 bits per heavy atom. The quantitative estimate of drug-likeness (QED) is 0.486. The van der Waals surface area contributed by atoms with Gasteiger partial charge in [0.05, 0.1) is 23.5 Å². The second-order valence-corrected chi connectivity index (χ2v) is 9.14. The van der Waals surface area contributed by atoms with Crippen molar-refractivity contribution >= 4 is 39.2 Å². The SMILES string of the molecule is CS(=O)(=O)Nc1ccccc1C(=O)OCC(=O)NC(c1ccccc1)c1ccc(Cl)cc1. The lowest BCUT2D eigenvalue weighted by molar-refractivity contribution is -0.124. The summed E-state index contributed by atoms with van der Waals surface area (Å²) in [5.74, 6) is -1.34. The monoisotopic (exact) mass is 472 g/mol. The van der Waals surface area contributed by atoms with Crippen molar-refractivity contribution in [1.29, 1.82) is 0 Å². The molecule has 0 fully saturated rings. The predicted octanol–water partition coefficient (Wildman–Crippen LogP) is 3.77. The molecular formula is C23H21ClN2O5S.